The van der Waals surface area contributed by atoms with E-state index in [1.807, 2.05) is 0 Å². The number of nitrogens with zero attached hydrogens (tertiary/aromatic N) is 1. The number of urea groups is 1. The Morgan fingerprint density at radius 1 is 0.867 bits per heavy atom. The summed E-state index contributed by atoms with van der Waals surface area (Å²) in [6.45, 7) is 1.89. The average Bonchev–Trinajstić information content (AvgIpc) is 2.72. The van der Waals surface area contributed by atoms with Crippen molar-refractivity contribution in [2.75, 3.05) is 19.6 Å². The Morgan fingerprint density at radius 2 is 1.43 bits per heavy atom. The third kappa shape index (κ3) is 4.25. The number of hydrogen-bond acceptors (Lipinski definition) is 3. The molecule has 6 fully saturated rings. The number of carbonyl (C=O) groups is 1. The van der Waals surface area contributed by atoms with E-state index in [2.05, 4.69) is 10.6 Å². The third-order valence-corrected chi connectivity index (χ3v) is 11.3. The molecule has 6 rings (SSSR count). The summed E-state index contributed by atoms with van der Waals surface area (Å²) < 4.78 is 27.6. The van der Waals surface area contributed by atoms with Crippen molar-refractivity contribution in [1.29, 1.82) is 0 Å². The summed E-state index contributed by atoms with van der Waals surface area (Å²) in [5, 5.41) is 6.35. The molecule has 1 heterocycles. The monoisotopic (exact) mass is 437 g/mol. The highest BCUT2D eigenvalue weighted by Gasteiger charge is 2.51. The van der Waals surface area contributed by atoms with Gasteiger partial charge in [0, 0.05) is 25.2 Å². The highest BCUT2D eigenvalue weighted by molar-refractivity contribution is 7.89. The van der Waals surface area contributed by atoms with Crippen molar-refractivity contribution in [2.24, 2.45) is 23.7 Å². The zero-order chi connectivity index (χ0) is 20.8. The van der Waals surface area contributed by atoms with Gasteiger partial charge in [-0.1, -0.05) is 19.3 Å². The first-order chi connectivity index (χ1) is 14.4. The van der Waals surface area contributed by atoms with Crippen LogP contribution in [0.2, 0.25) is 0 Å². The molecule has 170 valence electrons. The van der Waals surface area contributed by atoms with Gasteiger partial charge < -0.3 is 10.6 Å². The largest absolute Gasteiger partial charge is 0.338 e. The minimum absolute atomic E-state index is 0.00536. The van der Waals surface area contributed by atoms with Crippen LogP contribution in [0.15, 0.2) is 0 Å². The van der Waals surface area contributed by atoms with E-state index in [4.69, 9.17) is 0 Å². The maximum Gasteiger partial charge on any atom is 0.315 e. The van der Waals surface area contributed by atoms with Crippen LogP contribution < -0.4 is 10.6 Å². The summed E-state index contributed by atoms with van der Waals surface area (Å²) in [6, 6.07) is -0.00536. The van der Waals surface area contributed by atoms with Crippen LogP contribution in [0.5, 0.6) is 0 Å². The van der Waals surface area contributed by atoms with Crippen LogP contribution in [-0.2, 0) is 10.0 Å². The number of amides is 2. The van der Waals surface area contributed by atoms with Crippen molar-refractivity contribution >= 4 is 16.1 Å². The van der Waals surface area contributed by atoms with Crippen LogP contribution in [-0.4, -0.2) is 49.2 Å². The van der Waals surface area contributed by atoms with Gasteiger partial charge in [0.05, 0.1) is 5.25 Å². The summed E-state index contributed by atoms with van der Waals surface area (Å²) in [5.41, 5.74) is 0.0519. The first-order valence-corrected chi connectivity index (χ1v) is 14.0. The van der Waals surface area contributed by atoms with Gasteiger partial charge >= 0.3 is 6.03 Å². The topological polar surface area (TPSA) is 78.5 Å². The molecule has 0 radical (unpaired) electrons. The molecular formula is C23H39N3O3S. The van der Waals surface area contributed by atoms with Crippen LogP contribution in [0.1, 0.15) is 83.5 Å². The first-order valence-electron chi connectivity index (χ1n) is 12.5. The first kappa shape index (κ1) is 21.0. The molecule has 4 bridgehead atoms. The number of piperidine rings is 1. The Kier molecular flexibility index (Phi) is 5.80. The van der Waals surface area contributed by atoms with Gasteiger partial charge in [-0.3, -0.25) is 0 Å². The molecule has 2 N–H and O–H groups in total. The van der Waals surface area contributed by atoms with E-state index in [9.17, 15) is 13.2 Å². The van der Waals surface area contributed by atoms with E-state index in [0.717, 1.165) is 56.3 Å². The molecule has 0 spiro atoms. The van der Waals surface area contributed by atoms with E-state index in [1.165, 1.54) is 44.9 Å². The number of rotatable bonds is 5. The lowest BCUT2D eigenvalue weighted by atomic mass is 9.53. The van der Waals surface area contributed by atoms with E-state index >= 15 is 0 Å². The highest BCUT2D eigenvalue weighted by atomic mass is 32.2. The van der Waals surface area contributed by atoms with E-state index < -0.39 is 10.0 Å². The summed E-state index contributed by atoms with van der Waals surface area (Å²) in [4.78, 5) is 12.7. The predicted octanol–water partition coefficient (Wildman–Crippen LogP) is 3.63. The van der Waals surface area contributed by atoms with Gasteiger partial charge in [0.15, 0.2) is 0 Å². The molecule has 1 aliphatic heterocycles. The van der Waals surface area contributed by atoms with Crippen molar-refractivity contribution in [1.82, 2.24) is 14.9 Å². The average molecular weight is 438 g/mol. The molecule has 0 aromatic carbocycles. The van der Waals surface area contributed by atoms with Gasteiger partial charge in [-0.2, -0.15) is 0 Å². The molecular weight excluding hydrogens is 398 g/mol. The molecule has 6 nitrogen and oxygen atoms in total. The fourth-order valence-electron chi connectivity index (χ4n) is 7.73. The maximum absolute atomic E-state index is 12.9. The lowest BCUT2D eigenvalue weighted by Gasteiger charge is -2.56. The number of hydrogen-bond donors (Lipinski definition) is 2. The van der Waals surface area contributed by atoms with Crippen molar-refractivity contribution in [3.63, 3.8) is 0 Å². The zero-order valence-electron chi connectivity index (χ0n) is 18.3. The minimum atomic E-state index is -3.14. The van der Waals surface area contributed by atoms with Crippen molar-refractivity contribution in [2.45, 2.75) is 94.3 Å². The quantitative estimate of drug-likeness (QED) is 0.689. The van der Waals surface area contributed by atoms with Crippen LogP contribution in [0.3, 0.4) is 0 Å². The number of carbonyl (C=O) groups excluding carboxylic acids is 1. The Bertz CT molecular complexity index is 704. The molecule has 5 aliphatic carbocycles. The van der Waals surface area contributed by atoms with Gasteiger partial charge in [0.25, 0.3) is 0 Å². The van der Waals surface area contributed by atoms with Crippen LogP contribution in [0.4, 0.5) is 4.79 Å². The zero-order valence-corrected chi connectivity index (χ0v) is 19.1. The molecule has 6 aliphatic rings. The molecule has 0 aromatic heterocycles. The van der Waals surface area contributed by atoms with Crippen LogP contribution in [0.25, 0.3) is 0 Å². The van der Waals surface area contributed by atoms with Crippen molar-refractivity contribution in [3.05, 3.63) is 0 Å². The third-order valence-electron chi connectivity index (χ3n) is 8.88. The SMILES string of the molecule is O=C(NCC1CCN(S(=O)(=O)C2CCCCC2)CC1)NC12CC3CC(CC(C3)C1)C2. The molecule has 2 amide bonds. The Hall–Kier alpha value is -0.820. The molecule has 0 atom stereocenters. The summed E-state index contributed by atoms with van der Waals surface area (Å²) in [7, 11) is -3.14. The molecule has 7 heteroatoms. The Labute approximate surface area is 182 Å². The van der Waals surface area contributed by atoms with Crippen molar-refractivity contribution < 1.29 is 13.2 Å². The molecule has 5 saturated carbocycles. The van der Waals surface area contributed by atoms with Gasteiger partial charge in [0.1, 0.15) is 0 Å². The molecule has 1 saturated heterocycles. The minimum Gasteiger partial charge on any atom is -0.338 e. The summed E-state index contributed by atoms with van der Waals surface area (Å²) in [6.07, 6.45) is 14.3. The predicted molar refractivity (Wildman–Crippen MR) is 118 cm³/mol. The van der Waals surface area contributed by atoms with Crippen LogP contribution in [0, 0.1) is 23.7 Å². The lowest BCUT2D eigenvalue weighted by molar-refractivity contribution is -0.0135. The number of nitrogens with one attached hydrogen (secondary N) is 2. The fourth-order valence-corrected chi connectivity index (χ4v) is 9.80. The standard InChI is InChI=1S/C23H39N3O3S/c27-22(25-23-13-18-10-19(14-23)12-20(11-18)15-23)24-16-17-6-8-26(9-7-17)30(28,29)21-4-2-1-3-5-21/h17-21H,1-16H2,(H2,24,25,27). The van der Waals surface area contributed by atoms with Gasteiger partial charge in [-0.15, -0.1) is 0 Å². The van der Waals surface area contributed by atoms with E-state index in [1.54, 1.807) is 4.31 Å². The van der Waals surface area contributed by atoms with Crippen LogP contribution >= 0.6 is 0 Å². The molecule has 0 aromatic rings. The van der Waals surface area contributed by atoms with E-state index in [-0.39, 0.29) is 16.8 Å². The van der Waals surface area contributed by atoms with Gasteiger partial charge in [-0.05, 0) is 87.9 Å². The normalized spacial score (nSPS) is 37.9. The number of sulfonamides is 1. The maximum atomic E-state index is 12.9. The lowest BCUT2D eigenvalue weighted by Crippen LogP contribution is -2.61. The van der Waals surface area contributed by atoms with E-state index in [0.29, 0.717) is 25.6 Å². The Balaban J connectivity index is 1.07. The smallest absolute Gasteiger partial charge is 0.315 e. The summed E-state index contributed by atoms with van der Waals surface area (Å²) >= 11 is 0. The molecule has 0 unspecified atom stereocenters. The van der Waals surface area contributed by atoms with Gasteiger partial charge in [-0.25, -0.2) is 17.5 Å². The Morgan fingerprint density at radius 3 is 2.00 bits per heavy atom. The second kappa shape index (κ2) is 8.27. The second-order valence-electron chi connectivity index (χ2n) is 11.2. The molecule has 30 heavy (non-hydrogen) atoms. The second-order valence-corrected chi connectivity index (χ2v) is 13.4. The van der Waals surface area contributed by atoms with Crippen molar-refractivity contribution in [3.8, 4) is 0 Å². The van der Waals surface area contributed by atoms with Gasteiger partial charge in [0.2, 0.25) is 10.0 Å². The highest BCUT2D eigenvalue weighted by Crippen LogP contribution is 2.55. The fraction of sp³-hybridized carbons (Fsp3) is 0.957. The summed E-state index contributed by atoms with van der Waals surface area (Å²) in [5.74, 6) is 2.86.